The first-order chi connectivity index (χ1) is 17.6. The minimum absolute atomic E-state index is 0.174. The molecule has 8 rings (SSSR count). The molecule has 2 atom stereocenters. The maximum Gasteiger partial charge on any atom is 0.308 e. The Balaban J connectivity index is 1.36. The van der Waals surface area contributed by atoms with Crippen LogP contribution in [0.4, 0.5) is 5.82 Å². The van der Waals surface area contributed by atoms with Crippen LogP contribution in [0.5, 0.6) is 0 Å². The van der Waals surface area contributed by atoms with Gasteiger partial charge in [-0.25, -0.2) is 19.9 Å². The summed E-state index contributed by atoms with van der Waals surface area (Å²) >= 11 is 0. The van der Waals surface area contributed by atoms with Gasteiger partial charge in [-0.15, -0.1) is 0 Å². The van der Waals surface area contributed by atoms with Crippen molar-refractivity contribution in [3.8, 4) is 22.8 Å². The zero-order valence-corrected chi connectivity index (χ0v) is 19.4. The number of hydrogen-bond donors (Lipinski definition) is 3. The molecule has 5 aromatic rings. The van der Waals surface area contributed by atoms with Gasteiger partial charge in [0.15, 0.2) is 11.6 Å². The maximum absolute atomic E-state index is 12.2. The number of benzene rings is 1. The Bertz CT molecular complexity index is 1570. The van der Waals surface area contributed by atoms with E-state index in [1.165, 1.54) is 6.33 Å². The SMILES string of the molecule is O=C(O)[C@H]1C2CCC(CC2)[C@@H]1Nc1cc(-c2cc3ccccc3o2)nc(-c2c[nH]c3ncncc23)n1. The quantitative estimate of drug-likeness (QED) is 0.316. The Morgan fingerprint density at radius 1 is 1.08 bits per heavy atom. The van der Waals surface area contributed by atoms with Gasteiger partial charge in [0.1, 0.15) is 29.1 Å². The summed E-state index contributed by atoms with van der Waals surface area (Å²) in [5, 5.41) is 15.4. The van der Waals surface area contributed by atoms with Crippen LogP contribution in [0.25, 0.3) is 44.8 Å². The van der Waals surface area contributed by atoms with Crippen molar-refractivity contribution in [1.82, 2.24) is 24.9 Å². The minimum atomic E-state index is -0.734. The highest BCUT2D eigenvalue weighted by molar-refractivity contribution is 5.91. The highest BCUT2D eigenvalue weighted by atomic mass is 16.4. The van der Waals surface area contributed by atoms with E-state index in [-0.39, 0.29) is 12.0 Å². The van der Waals surface area contributed by atoms with Gasteiger partial charge in [-0.3, -0.25) is 4.79 Å². The van der Waals surface area contributed by atoms with E-state index >= 15 is 0 Å². The van der Waals surface area contributed by atoms with Crippen LogP contribution in [-0.2, 0) is 4.79 Å². The molecule has 4 heterocycles. The number of carboxylic acids is 1. The average molecular weight is 481 g/mol. The molecule has 3 saturated carbocycles. The molecule has 3 aliphatic rings. The van der Waals surface area contributed by atoms with Gasteiger partial charge in [0.25, 0.3) is 0 Å². The Labute approximate surface area is 206 Å². The van der Waals surface area contributed by atoms with Crippen LogP contribution in [0.1, 0.15) is 25.7 Å². The number of nitrogens with one attached hydrogen (secondary N) is 2. The summed E-state index contributed by atoms with van der Waals surface area (Å²) in [7, 11) is 0. The number of fused-ring (bicyclic) bond motifs is 5. The van der Waals surface area contributed by atoms with Gasteiger partial charge in [0.2, 0.25) is 0 Å². The average Bonchev–Trinajstić information content (AvgIpc) is 3.54. The lowest BCUT2D eigenvalue weighted by molar-refractivity contribution is -0.148. The Kier molecular flexibility index (Phi) is 4.77. The van der Waals surface area contributed by atoms with Crippen LogP contribution in [0.2, 0.25) is 0 Å². The molecule has 9 heteroatoms. The second kappa shape index (κ2) is 8.15. The molecule has 3 aliphatic carbocycles. The van der Waals surface area contributed by atoms with Crippen LogP contribution in [0.15, 0.2) is 59.5 Å². The normalized spacial score (nSPS) is 23.3. The molecule has 2 bridgehead atoms. The third-order valence-electron chi connectivity index (χ3n) is 7.82. The fourth-order valence-electron chi connectivity index (χ4n) is 6.10. The van der Waals surface area contributed by atoms with Crippen molar-refractivity contribution in [3.05, 3.63) is 55.1 Å². The third-order valence-corrected chi connectivity index (χ3v) is 7.82. The molecule has 0 amide bonds. The number of rotatable bonds is 5. The topological polar surface area (TPSA) is 130 Å². The maximum atomic E-state index is 12.2. The summed E-state index contributed by atoms with van der Waals surface area (Å²) in [6, 6.07) is 11.5. The van der Waals surface area contributed by atoms with E-state index in [2.05, 4.69) is 20.3 Å². The second-order valence-corrected chi connectivity index (χ2v) is 9.81. The number of anilines is 1. The second-order valence-electron chi connectivity index (χ2n) is 9.81. The van der Waals surface area contributed by atoms with Crippen molar-refractivity contribution in [3.63, 3.8) is 0 Å². The van der Waals surface area contributed by atoms with Gasteiger partial charge in [-0.05, 0) is 49.7 Å². The lowest BCUT2D eigenvalue weighted by atomic mass is 9.61. The Hall–Kier alpha value is -4.27. The van der Waals surface area contributed by atoms with Crippen molar-refractivity contribution in [2.24, 2.45) is 17.8 Å². The van der Waals surface area contributed by atoms with E-state index in [0.29, 0.717) is 34.7 Å². The van der Waals surface area contributed by atoms with Crippen LogP contribution >= 0.6 is 0 Å². The number of carbonyl (C=O) groups is 1. The van der Waals surface area contributed by atoms with Crippen LogP contribution in [-0.4, -0.2) is 42.0 Å². The fourth-order valence-corrected chi connectivity index (χ4v) is 6.10. The number of aromatic amines is 1. The molecule has 3 N–H and O–H groups in total. The first-order valence-electron chi connectivity index (χ1n) is 12.3. The third kappa shape index (κ3) is 3.42. The number of hydrogen-bond acceptors (Lipinski definition) is 7. The summed E-state index contributed by atoms with van der Waals surface area (Å²) in [4.78, 5) is 33.5. The summed E-state index contributed by atoms with van der Waals surface area (Å²) < 4.78 is 6.12. The standard InChI is InChI=1S/C27H24N6O3/c34-27(35)23-14-5-7-15(8-6-14)24(23)32-22-10-19(21-9-16-3-1-2-4-20(16)36-21)31-26(33-22)18-12-29-25-17(18)11-28-13-30-25/h1-4,9-15,23-24H,5-8H2,(H,34,35)(H,28,29,30)(H,31,32,33)/t14?,15?,23-,24-/m0/s1. The Morgan fingerprint density at radius 3 is 2.75 bits per heavy atom. The van der Waals surface area contributed by atoms with Gasteiger partial charge in [0.05, 0.1) is 5.92 Å². The van der Waals surface area contributed by atoms with Crippen molar-refractivity contribution in [2.45, 2.75) is 31.7 Å². The monoisotopic (exact) mass is 480 g/mol. The number of aromatic nitrogens is 5. The minimum Gasteiger partial charge on any atom is -0.481 e. The van der Waals surface area contributed by atoms with Gasteiger partial charge in [-0.1, -0.05) is 18.2 Å². The predicted molar refractivity (Wildman–Crippen MR) is 134 cm³/mol. The van der Waals surface area contributed by atoms with E-state index in [1.54, 1.807) is 6.20 Å². The van der Waals surface area contributed by atoms with Crippen LogP contribution < -0.4 is 5.32 Å². The lowest BCUT2D eigenvalue weighted by Crippen LogP contribution is -2.51. The van der Waals surface area contributed by atoms with E-state index in [1.807, 2.05) is 42.6 Å². The summed E-state index contributed by atoms with van der Waals surface area (Å²) in [5.74, 6) is 1.06. The zero-order valence-electron chi connectivity index (χ0n) is 19.4. The van der Waals surface area contributed by atoms with Crippen molar-refractivity contribution in [1.29, 1.82) is 0 Å². The van der Waals surface area contributed by atoms with Gasteiger partial charge in [0, 0.05) is 40.8 Å². The zero-order chi connectivity index (χ0) is 24.2. The molecule has 0 unspecified atom stereocenters. The van der Waals surface area contributed by atoms with E-state index in [0.717, 1.165) is 47.6 Å². The molecule has 0 spiro atoms. The molecular formula is C27H24N6O3. The number of carboxylic acid groups (broad SMARTS) is 1. The summed E-state index contributed by atoms with van der Waals surface area (Å²) in [6.07, 6.45) is 9.09. The number of aliphatic carboxylic acids is 1. The first-order valence-corrected chi connectivity index (χ1v) is 12.3. The fraction of sp³-hybridized carbons (Fsp3) is 0.296. The highest BCUT2D eigenvalue weighted by Crippen LogP contribution is 2.46. The summed E-state index contributed by atoms with van der Waals surface area (Å²) in [6.45, 7) is 0. The van der Waals surface area contributed by atoms with E-state index < -0.39 is 11.9 Å². The molecule has 3 fully saturated rings. The van der Waals surface area contributed by atoms with Crippen LogP contribution in [0.3, 0.4) is 0 Å². The van der Waals surface area contributed by atoms with Crippen molar-refractivity contribution in [2.75, 3.05) is 5.32 Å². The molecule has 36 heavy (non-hydrogen) atoms. The van der Waals surface area contributed by atoms with Gasteiger partial charge in [-0.2, -0.15) is 0 Å². The van der Waals surface area contributed by atoms with Gasteiger partial charge >= 0.3 is 5.97 Å². The van der Waals surface area contributed by atoms with Crippen molar-refractivity contribution < 1.29 is 14.3 Å². The molecule has 0 aliphatic heterocycles. The Morgan fingerprint density at radius 2 is 1.92 bits per heavy atom. The molecule has 180 valence electrons. The van der Waals surface area contributed by atoms with Crippen molar-refractivity contribution >= 4 is 33.8 Å². The first kappa shape index (κ1) is 21.0. The molecule has 0 radical (unpaired) electrons. The number of H-pyrrole nitrogens is 1. The van der Waals surface area contributed by atoms with Gasteiger partial charge < -0.3 is 19.8 Å². The number of para-hydroxylation sites is 1. The number of furan rings is 1. The lowest BCUT2D eigenvalue weighted by Gasteiger charge is -2.47. The predicted octanol–water partition coefficient (Wildman–Crippen LogP) is 5.13. The van der Waals surface area contributed by atoms with E-state index in [9.17, 15) is 9.90 Å². The highest BCUT2D eigenvalue weighted by Gasteiger charge is 2.47. The smallest absolute Gasteiger partial charge is 0.308 e. The molecule has 1 aromatic carbocycles. The largest absolute Gasteiger partial charge is 0.481 e. The molecule has 9 nitrogen and oxygen atoms in total. The molecule has 0 saturated heterocycles. The number of nitrogens with zero attached hydrogens (tertiary/aromatic N) is 4. The molecule has 4 aromatic heterocycles. The summed E-state index contributed by atoms with van der Waals surface area (Å²) in [5.41, 5.74) is 2.87. The van der Waals surface area contributed by atoms with Crippen LogP contribution in [0, 0.1) is 17.8 Å². The van der Waals surface area contributed by atoms with E-state index in [4.69, 9.17) is 14.4 Å². The molecular weight excluding hydrogens is 456 g/mol.